The molecule has 40 heavy (non-hydrogen) atoms. The van der Waals surface area contributed by atoms with Gasteiger partial charge in [0.15, 0.2) is 0 Å². The Labute approximate surface area is 238 Å². The van der Waals surface area contributed by atoms with Gasteiger partial charge in [0, 0.05) is 13.1 Å². The average Bonchev–Trinajstić information content (AvgIpc) is 2.95. The molecule has 214 valence electrons. The molecule has 3 aromatic carbocycles. The second-order valence-corrected chi connectivity index (χ2v) is 11.7. The van der Waals surface area contributed by atoms with Gasteiger partial charge in [-0.15, -0.1) is 0 Å². The molecule has 0 saturated heterocycles. The van der Waals surface area contributed by atoms with Gasteiger partial charge in [-0.3, -0.25) is 13.9 Å². The van der Waals surface area contributed by atoms with Crippen LogP contribution in [-0.2, 0) is 26.2 Å². The van der Waals surface area contributed by atoms with E-state index in [0.717, 1.165) is 33.8 Å². The van der Waals surface area contributed by atoms with Crippen molar-refractivity contribution in [2.45, 2.75) is 58.0 Å². The highest BCUT2D eigenvalue weighted by atomic mass is 32.2. The summed E-state index contributed by atoms with van der Waals surface area (Å²) < 4.78 is 34.5. The third-order valence-corrected chi connectivity index (χ3v) is 8.46. The smallest absolute Gasteiger partial charge is 0.264 e. The molecule has 3 rings (SSSR count). The Morgan fingerprint density at radius 2 is 1.60 bits per heavy atom. The Bertz CT molecular complexity index is 1390. The van der Waals surface area contributed by atoms with Crippen LogP contribution >= 0.6 is 0 Å². The average molecular weight is 566 g/mol. The molecule has 0 aliphatic heterocycles. The SMILES string of the molecule is CCCCNC(=O)C(C)N(Cc1ccc(C)cc1)C(=O)CN(c1cc(C)ccc1OC)S(=O)(=O)c1ccccc1. The summed E-state index contributed by atoms with van der Waals surface area (Å²) in [6.45, 7) is 7.63. The normalized spacial score (nSPS) is 11.9. The summed E-state index contributed by atoms with van der Waals surface area (Å²) in [5.74, 6) is -0.491. The molecule has 9 heteroatoms. The van der Waals surface area contributed by atoms with Gasteiger partial charge in [-0.2, -0.15) is 0 Å². The first-order valence-electron chi connectivity index (χ1n) is 13.4. The van der Waals surface area contributed by atoms with Crippen molar-refractivity contribution >= 4 is 27.5 Å². The maximum absolute atomic E-state index is 14.0. The Kier molecular flexibility index (Phi) is 10.7. The molecule has 0 saturated carbocycles. The summed E-state index contributed by atoms with van der Waals surface area (Å²) in [5.41, 5.74) is 2.95. The van der Waals surface area contributed by atoms with Gasteiger partial charge in [0.1, 0.15) is 18.3 Å². The molecule has 0 aromatic heterocycles. The first-order chi connectivity index (χ1) is 19.1. The quantitative estimate of drug-likeness (QED) is 0.299. The van der Waals surface area contributed by atoms with Gasteiger partial charge in [-0.25, -0.2) is 8.42 Å². The van der Waals surface area contributed by atoms with Gasteiger partial charge in [-0.05, 0) is 62.6 Å². The van der Waals surface area contributed by atoms with E-state index in [0.29, 0.717) is 12.3 Å². The number of rotatable bonds is 13. The van der Waals surface area contributed by atoms with Gasteiger partial charge in [0.25, 0.3) is 10.0 Å². The Hall–Kier alpha value is -3.85. The number of hydrogen-bond acceptors (Lipinski definition) is 5. The first kappa shape index (κ1) is 30.7. The second kappa shape index (κ2) is 14.0. The number of sulfonamides is 1. The van der Waals surface area contributed by atoms with Crippen LogP contribution in [0.1, 0.15) is 43.4 Å². The van der Waals surface area contributed by atoms with Crippen molar-refractivity contribution in [3.05, 3.63) is 89.5 Å². The van der Waals surface area contributed by atoms with Crippen molar-refractivity contribution in [2.75, 3.05) is 24.5 Å². The summed E-state index contributed by atoms with van der Waals surface area (Å²) in [5, 5.41) is 2.90. The summed E-state index contributed by atoms with van der Waals surface area (Å²) >= 11 is 0. The van der Waals surface area contributed by atoms with Crippen molar-refractivity contribution in [1.29, 1.82) is 0 Å². The number of carbonyl (C=O) groups is 2. The molecule has 1 unspecified atom stereocenters. The number of methoxy groups -OCH3 is 1. The lowest BCUT2D eigenvalue weighted by atomic mass is 10.1. The monoisotopic (exact) mass is 565 g/mol. The van der Waals surface area contributed by atoms with E-state index < -0.39 is 28.5 Å². The minimum atomic E-state index is -4.17. The maximum atomic E-state index is 14.0. The van der Waals surface area contributed by atoms with Crippen molar-refractivity contribution in [2.24, 2.45) is 0 Å². The van der Waals surface area contributed by atoms with Crippen LogP contribution in [0.25, 0.3) is 0 Å². The number of ether oxygens (including phenoxy) is 1. The maximum Gasteiger partial charge on any atom is 0.264 e. The summed E-state index contributed by atoms with van der Waals surface area (Å²) in [4.78, 5) is 28.6. The standard InChI is InChI=1S/C31H39N3O5S/c1-6-7-19-32-31(36)25(4)33(21-26-16-13-23(2)14-17-26)30(35)22-34(28-20-24(3)15-18-29(28)39-5)40(37,38)27-11-9-8-10-12-27/h8-18,20,25H,6-7,19,21-22H2,1-5H3,(H,32,36). The van der Waals surface area contributed by atoms with Crippen molar-refractivity contribution < 1.29 is 22.7 Å². The molecule has 2 amide bonds. The number of nitrogens with zero attached hydrogens (tertiary/aromatic N) is 2. The van der Waals surface area contributed by atoms with Gasteiger partial charge < -0.3 is 15.0 Å². The summed E-state index contributed by atoms with van der Waals surface area (Å²) in [7, 11) is -2.71. The lowest BCUT2D eigenvalue weighted by Crippen LogP contribution is -2.51. The molecule has 3 aromatic rings. The fourth-order valence-electron chi connectivity index (χ4n) is 4.24. The van der Waals surface area contributed by atoms with Crippen molar-refractivity contribution in [3.63, 3.8) is 0 Å². The van der Waals surface area contributed by atoms with Gasteiger partial charge >= 0.3 is 0 Å². The number of benzene rings is 3. The first-order valence-corrected chi connectivity index (χ1v) is 14.9. The van der Waals surface area contributed by atoms with E-state index in [2.05, 4.69) is 5.32 Å². The molecule has 8 nitrogen and oxygen atoms in total. The predicted octanol–water partition coefficient (Wildman–Crippen LogP) is 4.84. The van der Waals surface area contributed by atoms with Crippen LogP contribution in [0.2, 0.25) is 0 Å². The summed E-state index contributed by atoms with van der Waals surface area (Å²) in [6, 6.07) is 20.0. The molecule has 1 atom stereocenters. The number of nitrogens with one attached hydrogen (secondary N) is 1. The number of unbranched alkanes of at least 4 members (excludes halogenated alkanes) is 1. The van der Waals surface area contributed by atoms with Crippen molar-refractivity contribution in [1.82, 2.24) is 10.2 Å². The van der Waals surface area contributed by atoms with Crippen LogP contribution in [0.15, 0.2) is 77.7 Å². The molecule has 0 aliphatic rings. The van der Waals surface area contributed by atoms with Crippen molar-refractivity contribution in [3.8, 4) is 5.75 Å². The molecule has 1 N–H and O–H groups in total. The topological polar surface area (TPSA) is 96.0 Å². The van der Waals surface area contributed by atoms with Crippen LogP contribution in [-0.4, -0.2) is 51.4 Å². The molecule has 0 bridgehead atoms. The van der Waals surface area contributed by atoms with Gasteiger partial charge in [0.2, 0.25) is 11.8 Å². The Morgan fingerprint density at radius 3 is 2.23 bits per heavy atom. The highest BCUT2D eigenvalue weighted by Crippen LogP contribution is 2.33. The zero-order valence-corrected chi connectivity index (χ0v) is 24.7. The predicted molar refractivity (Wildman–Crippen MR) is 158 cm³/mol. The van der Waals surface area contributed by atoms with E-state index in [1.54, 1.807) is 37.3 Å². The molecule has 0 aliphatic carbocycles. The largest absolute Gasteiger partial charge is 0.495 e. The number of aryl methyl sites for hydroxylation is 2. The highest BCUT2D eigenvalue weighted by molar-refractivity contribution is 7.92. The molecule has 0 fully saturated rings. The molecule has 0 spiro atoms. The van der Waals surface area contributed by atoms with Crippen LogP contribution in [0, 0.1) is 13.8 Å². The number of amides is 2. The third-order valence-electron chi connectivity index (χ3n) is 6.68. The van der Waals surface area contributed by atoms with E-state index >= 15 is 0 Å². The van der Waals surface area contributed by atoms with E-state index in [4.69, 9.17) is 4.74 Å². The molecule has 0 heterocycles. The van der Waals surface area contributed by atoms with Gasteiger partial charge in [0.05, 0.1) is 17.7 Å². The fourth-order valence-corrected chi connectivity index (χ4v) is 5.67. The third kappa shape index (κ3) is 7.63. The molecular weight excluding hydrogens is 526 g/mol. The zero-order valence-electron chi connectivity index (χ0n) is 23.9. The lowest BCUT2D eigenvalue weighted by molar-refractivity contribution is -0.139. The number of anilines is 1. The van der Waals surface area contributed by atoms with Crippen LogP contribution in [0.4, 0.5) is 5.69 Å². The van der Waals surface area contributed by atoms with Crippen LogP contribution in [0.5, 0.6) is 5.75 Å². The minimum Gasteiger partial charge on any atom is -0.495 e. The van der Waals surface area contributed by atoms with Crippen LogP contribution < -0.4 is 14.4 Å². The van der Waals surface area contributed by atoms with Gasteiger partial charge in [-0.1, -0.05) is 67.4 Å². The van der Waals surface area contributed by atoms with E-state index in [9.17, 15) is 18.0 Å². The Balaban J connectivity index is 2.05. The minimum absolute atomic E-state index is 0.0433. The summed E-state index contributed by atoms with van der Waals surface area (Å²) in [6.07, 6.45) is 1.74. The highest BCUT2D eigenvalue weighted by Gasteiger charge is 2.33. The molecule has 0 radical (unpaired) electrons. The molecular formula is C31H39N3O5S. The fraction of sp³-hybridized carbons (Fsp3) is 0.355. The lowest BCUT2D eigenvalue weighted by Gasteiger charge is -2.32. The van der Waals surface area contributed by atoms with E-state index in [1.807, 2.05) is 51.1 Å². The number of hydrogen-bond donors (Lipinski definition) is 1. The second-order valence-electron chi connectivity index (χ2n) is 9.83. The van der Waals surface area contributed by atoms with E-state index in [-0.39, 0.29) is 23.0 Å². The Morgan fingerprint density at radius 1 is 0.950 bits per heavy atom. The number of carbonyl (C=O) groups excluding carboxylic acids is 2. The zero-order chi connectivity index (χ0) is 29.3. The van der Waals surface area contributed by atoms with Crippen LogP contribution in [0.3, 0.4) is 0 Å². The van der Waals surface area contributed by atoms with E-state index in [1.165, 1.54) is 24.1 Å².